The van der Waals surface area contributed by atoms with Gasteiger partial charge in [-0.25, -0.2) is 4.39 Å². The van der Waals surface area contributed by atoms with E-state index in [4.69, 9.17) is 9.47 Å². The molecule has 0 aromatic heterocycles. The maximum Gasteiger partial charge on any atom is 0.231 e. The number of nitrogens with zero attached hydrogens (tertiary/aromatic N) is 1. The van der Waals surface area contributed by atoms with Gasteiger partial charge in [-0.15, -0.1) is 0 Å². The molecule has 4 rings (SSSR count). The number of hydrogen-bond donors (Lipinski definition) is 0. The molecule has 2 aliphatic rings. The zero-order valence-corrected chi connectivity index (χ0v) is 13.4. The average molecular weight is 327 g/mol. The minimum Gasteiger partial charge on any atom is -0.454 e. The van der Waals surface area contributed by atoms with Crippen molar-refractivity contribution in [3.05, 3.63) is 58.9 Å². The Morgan fingerprint density at radius 2 is 1.92 bits per heavy atom. The van der Waals surface area contributed by atoms with E-state index in [1.807, 2.05) is 24.0 Å². The summed E-state index contributed by atoms with van der Waals surface area (Å²) in [6, 6.07) is 10.1. The van der Waals surface area contributed by atoms with Crippen LogP contribution in [0.4, 0.5) is 4.39 Å². The minimum atomic E-state index is -0.289. The topological polar surface area (TPSA) is 38.8 Å². The van der Waals surface area contributed by atoms with Crippen molar-refractivity contribution in [2.45, 2.75) is 25.8 Å². The van der Waals surface area contributed by atoms with Crippen LogP contribution in [0.25, 0.3) is 0 Å². The molecular weight excluding hydrogens is 309 g/mol. The van der Waals surface area contributed by atoms with Crippen LogP contribution in [-0.4, -0.2) is 24.1 Å². The van der Waals surface area contributed by atoms with Crippen LogP contribution in [0.5, 0.6) is 11.5 Å². The number of benzene rings is 2. The molecule has 0 N–H and O–H groups in total. The first-order valence-electron chi connectivity index (χ1n) is 8.08. The summed E-state index contributed by atoms with van der Waals surface area (Å²) < 4.78 is 23.9. The number of ether oxygens (including phenoxy) is 2. The van der Waals surface area contributed by atoms with E-state index in [9.17, 15) is 9.18 Å². The summed E-state index contributed by atoms with van der Waals surface area (Å²) in [6.07, 6.45) is 1.08. The van der Waals surface area contributed by atoms with E-state index in [1.165, 1.54) is 17.7 Å². The van der Waals surface area contributed by atoms with Crippen molar-refractivity contribution in [3.63, 3.8) is 0 Å². The summed E-state index contributed by atoms with van der Waals surface area (Å²) >= 11 is 0. The first-order chi connectivity index (χ1) is 11.6. The Labute approximate surface area is 139 Å². The van der Waals surface area contributed by atoms with Crippen LogP contribution in [0.3, 0.4) is 0 Å². The number of amides is 1. The third-order valence-electron chi connectivity index (χ3n) is 4.76. The first kappa shape index (κ1) is 15.0. The van der Waals surface area contributed by atoms with Crippen molar-refractivity contribution >= 4 is 5.91 Å². The standard InChI is InChI=1S/C19H18FNO3/c1-12-16-10-18-17(23-11-24-18)9-14(16)6-7-21(12)19(22)8-13-2-4-15(20)5-3-13/h2-5,9-10,12H,6-8,11H2,1H3. The molecule has 0 spiro atoms. The van der Waals surface area contributed by atoms with Crippen LogP contribution in [-0.2, 0) is 17.6 Å². The highest BCUT2D eigenvalue weighted by Crippen LogP contribution is 2.40. The number of carbonyl (C=O) groups is 1. The van der Waals surface area contributed by atoms with Crippen LogP contribution in [0.1, 0.15) is 29.7 Å². The molecule has 2 aliphatic heterocycles. The predicted octanol–water partition coefficient (Wildman–Crippen LogP) is 3.24. The highest BCUT2D eigenvalue weighted by atomic mass is 19.1. The Bertz CT molecular complexity index is 788. The number of halogens is 1. The summed E-state index contributed by atoms with van der Waals surface area (Å²) in [4.78, 5) is 14.6. The molecule has 0 saturated carbocycles. The van der Waals surface area contributed by atoms with Crippen LogP contribution >= 0.6 is 0 Å². The molecule has 0 saturated heterocycles. The van der Waals surface area contributed by atoms with Gasteiger partial charge in [0, 0.05) is 6.54 Å². The molecule has 2 heterocycles. The van der Waals surface area contributed by atoms with Gasteiger partial charge in [0.05, 0.1) is 12.5 Å². The van der Waals surface area contributed by atoms with Gasteiger partial charge in [-0.05, 0) is 54.3 Å². The second kappa shape index (κ2) is 5.82. The number of rotatable bonds is 2. The highest BCUT2D eigenvalue weighted by molar-refractivity contribution is 5.79. The number of hydrogen-bond acceptors (Lipinski definition) is 3. The second-order valence-corrected chi connectivity index (χ2v) is 6.22. The molecule has 1 atom stereocenters. The van der Waals surface area contributed by atoms with Crippen molar-refractivity contribution in [2.24, 2.45) is 0 Å². The van der Waals surface area contributed by atoms with Gasteiger partial charge in [0.15, 0.2) is 11.5 Å². The zero-order chi connectivity index (χ0) is 16.7. The van der Waals surface area contributed by atoms with Gasteiger partial charge >= 0.3 is 0 Å². The van der Waals surface area contributed by atoms with Crippen LogP contribution in [0, 0.1) is 5.82 Å². The van der Waals surface area contributed by atoms with Crippen molar-refractivity contribution in [1.82, 2.24) is 4.90 Å². The Morgan fingerprint density at radius 3 is 2.67 bits per heavy atom. The predicted molar refractivity (Wildman–Crippen MR) is 86.5 cm³/mol. The molecule has 0 bridgehead atoms. The number of carbonyl (C=O) groups excluding carboxylic acids is 1. The lowest BCUT2D eigenvalue weighted by Gasteiger charge is -2.35. The lowest BCUT2D eigenvalue weighted by molar-refractivity contribution is -0.133. The third-order valence-corrected chi connectivity index (χ3v) is 4.76. The Morgan fingerprint density at radius 1 is 1.21 bits per heavy atom. The molecule has 124 valence electrons. The molecule has 2 aromatic carbocycles. The van der Waals surface area contributed by atoms with Gasteiger partial charge in [-0.3, -0.25) is 4.79 Å². The van der Waals surface area contributed by atoms with Crippen molar-refractivity contribution in [1.29, 1.82) is 0 Å². The summed E-state index contributed by atoms with van der Waals surface area (Å²) in [5, 5.41) is 0. The van der Waals surface area contributed by atoms with Crippen molar-refractivity contribution in [2.75, 3.05) is 13.3 Å². The molecule has 1 unspecified atom stereocenters. The van der Waals surface area contributed by atoms with Gasteiger partial charge < -0.3 is 14.4 Å². The van der Waals surface area contributed by atoms with Crippen molar-refractivity contribution < 1.29 is 18.7 Å². The van der Waals surface area contributed by atoms with E-state index in [0.717, 1.165) is 29.0 Å². The van der Waals surface area contributed by atoms with Gasteiger partial charge in [-0.1, -0.05) is 12.1 Å². The van der Waals surface area contributed by atoms with E-state index in [2.05, 4.69) is 0 Å². The fourth-order valence-electron chi connectivity index (χ4n) is 3.43. The van der Waals surface area contributed by atoms with Crippen molar-refractivity contribution in [3.8, 4) is 11.5 Å². The second-order valence-electron chi connectivity index (χ2n) is 6.22. The van der Waals surface area contributed by atoms with E-state index < -0.39 is 0 Å². The normalized spacial score (nSPS) is 18.4. The Hall–Kier alpha value is -2.56. The molecule has 0 radical (unpaired) electrons. The van der Waals surface area contributed by atoms with E-state index >= 15 is 0 Å². The van der Waals surface area contributed by atoms with Gasteiger partial charge in [0.2, 0.25) is 12.7 Å². The quantitative estimate of drug-likeness (QED) is 0.850. The summed E-state index contributed by atoms with van der Waals surface area (Å²) in [5.74, 6) is 1.29. The maximum atomic E-state index is 13.0. The smallest absolute Gasteiger partial charge is 0.231 e. The van der Waals surface area contributed by atoms with Gasteiger partial charge in [-0.2, -0.15) is 0 Å². The monoisotopic (exact) mass is 327 g/mol. The fourth-order valence-corrected chi connectivity index (χ4v) is 3.43. The van der Waals surface area contributed by atoms with E-state index in [0.29, 0.717) is 6.54 Å². The fraction of sp³-hybridized carbons (Fsp3) is 0.316. The molecule has 0 fully saturated rings. The van der Waals surface area contributed by atoms with Gasteiger partial charge in [0.25, 0.3) is 0 Å². The maximum absolute atomic E-state index is 13.0. The molecule has 24 heavy (non-hydrogen) atoms. The molecular formula is C19H18FNO3. The SMILES string of the molecule is CC1c2cc3c(cc2CCN1C(=O)Cc1ccc(F)cc1)OCO3. The number of fused-ring (bicyclic) bond motifs is 2. The molecule has 5 heteroatoms. The highest BCUT2D eigenvalue weighted by Gasteiger charge is 2.30. The average Bonchev–Trinajstić information content (AvgIpc) is 3.03. The molecule has 0 aliphatic carbocycles. The summed E-state index contributed by atoms with van der Waals surface area (Å²) in [5.41, 5.74) is 3.14. The summed E-state index contributed by atoms with van der Waals surface area (Å²) in [6.45, 7) is 2.95. The lowest BCUT2D eigenvalue weighted by atomic mass is 9.92. The molecule has 1 amide bonds. The lowest BCUT2D eigenvalue weighted by Crippen LogP contribution is -2.39. The largest absolute Gasteiger partial charge is 0.454 e. The minimum absolute atomic E-state index is 0.0174. The van der Waals surface area contributed by atoms with E-state index in [1.54, 1.807) is 12.1 Å². The van der Waals surface area contributed by atoms with Crippen LogP contribution in [0.2, 0.25) is 0 Å². The van der Waals surface area contributed by atoms with Crippen LogP contribution < -0.4 is 9.47 Å². The molecule has 4 nitrogen and oxygen atoms in total. The zero-order valence-electron chi connectivity index (χ0n) is 13.4. The van der Waals surface area contributed by atoms with E-state index in [-0.39, 0.29) is 31.0 Å². The van der Waals surface area contributed by atoms with Gasteiger partial charge in [0.1, 0.15) is 5.82 Å². The third kappa shape index (κ3) is 2.60. The Kier molecular flexibility index (Phi) is 3.63. The Balaban J connectivity index is 1.55. The van der Waals surface area contributed by atoms with Crippen LogP contribution in [0.15, 0.2) is 36.4 Å². The summed E-state index contributed by atoms with van der Waals surface area (Å²) in [7, 11) is 0. The first-order valence-corrected chi connectivity index (χ1v) is 8.08. The molecule has 2 aromatic rings.